The summed E-state index contributed by atoms with van der Waals surface area (Å²) in [6, 6.07) is 10.2. The van der Waals surface area contributed by atoms with Crippen molar-refractivity contribution in [3.63, 3.8) is 0 Å². The van der Waals surface area contributed by atoms with Crippen molar-refractivity contribution in [2.45, 2.75) is 19.9 Å². The number of carbonyl (C=O) groups excluding carboxylic acids is 1. The van der Waals surface area contributed by atoms with E-state index in [4.69, 9.17) is 0 Å². The van der Waals surface area contributed by atoms with Gasteiger partial charge in [0.1, 0.15) is 0 Å². The second kappa shape index (κ2) is 5.91. The van der Waals surface area contributed by atoms with Crippen molar-refractivity contribution in [1.29, 1.82) is 0 Å². The van der Waals surface area contributed by atoms with Crippen LogP contribution in [-0.2, 0) is 14.6 Å². The molecule has 0 unspecified atom stereocenters. The van der Waals surface area contributed by atoms with Gasteiger partial charge in [-0.05, 0) is 5.56 Å². The average molecular weight is 336 g/mol. The molecule has 0 radical (unpaired) electrons. The minimum atomic E-state index is -2.90. The molecule has 5 nitrogen and oxygen atoms in total. The summed E-state index contributed by atoms with van der Waals surface area (Å²) in [6.07, 6.45) is 0. The Balaban J connectivity index is 1.66. The third-order valence-corrected chi connectivity index (χ3v) is 6.47. The number of likely N-dealkylation sites (tertiary alicyclic amines) is 1. The van der Waals surface area contributed by atoms with E-state index in [0.717, 1.165) is 6.54 Å². The third-order valence-electron chi connectivity index (χ3n) is 4.86. The summed E-state index contributed by atoms with van der Waals surface area (Å²) >= 11 is 0. The lowest BCUT2D eigenvalue weighted by Crippen LogP contribution is -2.60. The third kappa shape index (κ3) is 3.43. The lowest BCUT2D eigenvalue weighted by Gasteiger charge is -2.55. The van der Waals surface area contributed by atoms with Crippen molar-refractivity contribution in [1.82, 2.24) is 9.80 Å². The van der Waals surface area contributed by atoms with Gasteiger partial charge in [0.25, 0.3) is 0 Å². The maximum Gasteiger partial charge on any atom is 0.237 e. The molecule has 2 heterocycles. The first kappa shape index (κ1) is 16.5. The molecule has 1 amide bonds. The highest BCUT2D eigenvalue weighted by molar-refractivity contribution is 7.91. The zero-order valence-corrected chi connectivity index (χ0v) is 14.6. The summed E-state index contributed by atoms with van der Waals surface area (Å²) in [4.78, 5) is 16.5. The van der Waals surface area contributed by atoms with Crippen molar-refractivity contribution < 1.29 is 13.2 Å². The number of benzene rings is 1. The summed E-state index contributed by atoms with van der Waals surface area (Å²) in [5.41, 5.74) is 1.24. The minimum absolute atomic E-state index is 0.0717. The van der Waals surface area contributed by atoms with E-state index in [-0.39, 0.29) is 28.9 Å². The SMILES string of the molecule is CC1(C)CN(C(=O)CN2CCS(=O)(=O)CC2)[C@H]1c1ccccc1. The molecule has 0 aliphatic carbocycles. The molecule has 2 aliphatic heterocycles. The van der Waals surface area contributed by atoms with Crippen molar-refractivity contribution in [2.75, 3.05) is 37.7 Å². The summed E-state index contributed by atoms with van der Waals surface area (Å²) < 4.78 is 23.0. The van der Waals surface area contributed by atoms with E-state index >= 15 is 0 Å². The first-order valence-electron chi connectivity index (χ1n) is 8.06. The summed E-state index contributed by atoms with van der Waals surface area (Å²) in [7, 11) is -2.90. The molecule has 0 bridgehead atoms. The maximum atomic E-state index is 12.7. The van der Waals surface area contributed by atoms with Crippen LogP contribution in [-0.4, -0.2) is 61.8 Å². The van der Waals surface area contributed by atoms with E-state index in [0.29, 0.717) is 19.6 Å². The maximum absolute atomic E-state index is 12.7. The fraction of sp³-hybridized carbons (Fsp3) is 0.588. The van der Waals surface area contributed by atoms with Crippen LogP contribution < -0.4 is 0 Å². The average Bonchev–Trinajstić information content (AvgIpc) is 2.48. The number of nitrogens with zero attached hydrogens (tertiary/aromatic N) is 2. The standard InChI is InChI=1S/C17H24N2O3S/c1-17(2)13-19(16(17)14-6-4-3-5-7-14)15(20)12-18-8-10-23(21,22)11-9-18/h3-7,16H,8-13H2,1-2H3/t16-/m0/s1. The molecule has 1 atom stereocenters. The Kier molecular flexibility index (Phi) is 4.23. The smallest absolute Gasteiger partial charge is 0.237 e. The van der Waals surface area contributed by atoms with Crippen LogP contribution in [0.25, 0.3) is 0 Å². The zero-order valence-electron chi connectivity index (χ0n) is 13.7. The van der Waals surface area contributed by atoms with Crippen LogP contribution >= 0.6 is 0 Å². The number of amides is 1. The molecule has 126 valence electrons. The first-order chi connectivity index (χ1) is 10.8. The molecule has 1 aromatic carbocycles. The Labute approximate surface area is 138 Å². The van der Waals surface area contributed by atoms with E-state index in [2.05, 4.69) is 26.0 Å². The lowest BCUT2D eigenvalue weighted by molar-refractivity contribution is -0.153. The highest BCUT2D eigenvalue weighted by Gasteiger charge is 2.48. The van der Waals surface area contributed by atoms with Gasteiger partial charge in [-0.3, -0.25) is 9.69 Å². The van der Waals surface area contributed by atoms with Gasteiger partial charge in [-0.25, -0.2) is 8.42 Å². The van der Waals surface area contributed by atoms with Crippen molar-refractivity contribution >= 4 is 15.7 Å². The summed E-state index contributed by atoms with van der Waals surface area (Å²) in [6.45, 7) is 6.35. The first-order valence-corrected chi connectivity index (χ1v) is 9.88. The zero-order chi connectivity index (χ0) is 16.7. The van der Waals surface area contributed by atoms with Crippen molar-refractivity contribution in [3.05, 3.63) is 35.9 Å². The Hall–Kier alpha value is -1.40. The molecule has 23 heavy (non-hydrogen) atoms. The molecular weight excluding hydrogens is 312 g/mol. The summed E-state index contributed by atoms with van der Waals surface area (Å²) in [5.74, 6) is 0.416. The predicted molar refractivity (Wildman–Crippen MR) is 89.8 cm³/mol. The van der Waals surface area contributed by atoms with Gasteiger partial charge in [0.15, 0.2) is 9.84 Å². The topological polar surface area (TPSA) is 57.7 Å². The molecule has 0 N–H and O–H groups in total. The molecule has 2 fully saturated rings. The van der Waals surface area contributed by atoms with Crippen LogP contribution in [0.5, 0.6) is 0 Å². The number of rotatable bonds is 3. The normalized spacial score (nSPS) is 26.5. The van der Waals surface area contributed by atoms with Crippen LogP contribution in [0.2, 0.25) is 0 Å². The molecule has 2 aliphatic rings. The Bertz CT molecular complexity index is 671. The lowest BCUT2D eigenvalue weighted by atomic mass is 9.71. The van der Waals surface area contributed by atoms with Crippen LogP contribution in [0, 0.1) is 5.41 Å². The van der Waals surface area contributed by atoms with Crippen LogP contribution in [0.4, 0.5) is 0 Å². The number of carbonyl (C=O) groups is 1. The van der Waals surface area contributed by atoms with Gasteiger partial charge in [0.05, 0.1) is 24.1 Å². The van der Waals surface area contributed by atoms with Gasteiger partial charge in [-0.15, -0.1) is 0 Å². The molecule has 0 spiro atoms. The molecule has 3 rings (SSSR count). The van der Waals surface area contributed by atoms with Gasteiger partial charge in [0.2, 0.25) is 5.91 Å². The molecule has 0 saturated carbocycles. The number of hydrogen-bond acceptors (Lipinski definition) is 4. The molecule has 1 aromatic rings. The molecule has 0 aromatic heterocycles. The Morgan fingerprint density at radius 2 is 1.78 bits per heavy atom. The van der Waals surface area contributed by atoms with E-state index in [9.17, 15) is 13.2 Å². The Morgan fingerprint density at radius 1 is 1.17 bits per heavy atom. The molecule has 2 saturated heterocycles. The van der Waals surface area contributed by atoms with Crippen LogP contribution in [0.1, 0.15) is 25.5 Å². The fourth-order valence-corrected chi connectivity index (χ4v) is 4.89. The minimum Gasteiger partial charge on any atom is -0.333 e. The van der Waals surface area contributed by atoms with E-state index in [1.165, 1.54) is 5.56 Å². The monoisotopic (exact) mass is 336 g/mol. The largest absolute Gasteiger partial charge is 0.333 e. The van der Waals surface area contributed by atoms with Crippen molar-refractivity contribution in [2.24, 2.45) is 5.41 Å². The Morgan fingerprint density at radius 3 is 2.35 bits per heavy atom. The van der Waals surface area contributed by atoms with Gasteiger partial charge >= 0.3 is 0 Å². The quantitative estimate of drug-likeness (QED) is 0.835. The van der Waals surface area contributed by atoms with Crippen molar-refractivity contribution in [3.8, 4) is 0 Å². The second-order valence-corrected chi connectivity index (χ2v) is 9.56. The fourth-order valence-electron chi connectivity index (χ4n) is 3.62. The van der Waals surface area contributed by atoms with Gasteiger partial charge in [-0.1, -0.05) is 44.2 Å². The second-order valence-electron chi connectivity index (χ2n) is 7.25. The van der Waals surface area contributed by atoms with E-state index < -0.39 is 9.84 Å². The van der Waals surface area contributed by atoms with E-state index in [1.54, 1.807) is 0 Å². The van der Waals surface area contributed by atoms with Gasteiger partial charge in [0, 0.05) is 25.0 Å². The van der Waals surface area contributed by atoms with E-state index in [1.807, 2.05) is 28.0 Å². The number of hydrogen-bond donors (Lipinski definition) is 0. The number of sulfone groups is 1. The highest BCUT2D eigenvalue weighted by Crippen LogP contribution is 2.48. The predicted octanol–water partition coefficient (Wildman–Crippen LogP) is 1.33. The van der Waals surface area contributed by atoms with Crippen LogP contribution in [0.15, 0.2) is 30.3 Å². The van der Waals surface area contributed by atoms with Gasteiger partial charge < -0.3 is 4.90 Å². The summed E-state index contributed by atoms with van der Waals surface area (Å²) in [5, 5.41) is 0. The molecule has 6 heteroatoms. The molecular formula is C17H24N2O3S. The van der Waals surface area contributed by atoms with Gasteiger partial charge in [-0.2, -0.15) is 0 Å². The highest BCUT2D eigenvalue weighted by atomic mass is 32.2. The van der Waals surface area contributed by atoms with Crippen LogP contribution in [0.3, 0.4) is 0 Å².